The van der Waals surface area contributed by atoms with Gasteiger partial charge in [0.2, 0.25) is 0 Å². The molecule has 0 bridgehead atoms. The van der Waals surface area contributed by atoms with Gasteiger partial charge < -0.3 is 9.84 Å². The molecule has 0 saturated heterocycles. The quantitative estimate of drug-likeness (QED) is 0.732. The third-order valence-corrected chi connectivity index (χ3v) is 6.01. The molecule has 0 unspecified atom stereocenters. The summed E-state index contributed by atoms with van der Waals surface area (Å²) in [6.45, 7) is 1.22. The molecule has 2 rings (SSSR count). The fourth-order valence-corrected chi connectivity index (χ4v) is 4.58. The highest BCUT2D eigenvalue weighted by Crippen LogP contribution is 2.32. The molecule has 0 fully saturated rings. The molecule has 0 aromatic heterocycles. The molecular weight excluding hydrogens is 410 g/mol. The Kier molecular flexibility index (Phi) is 6.07. The van der Waals surface area contributed by atoms with Crippen LogP contribution in [0.2, 0.25) is 0 Å². The number of methoxy groups -OCH3 is 1. The number of para-hydroxylation sites is 1. The van der Waals surface area contributed by atoms with Gasteiger partial charge in [0.15, 0.2) is 0 Å². The second-order valence-electron chi connectivity index (χ2n) is 5.18. The second-order valence-corrected chi connectivity index (χ2v) is 7.90. The Hall–Kier alpha value is -2.06. The van der Waals surface area contributed by atoms with Gasteiger partial charge in [-0.15, -0.1) is 0 Å². The van der Waals surface area contributed by atoms with Crippen LogP contribution in [-0.2, 0) is 21.2 Å². The summed E-state index contributed by atoms with van der Waals surface area (Å²) in [6, 6.07) is 11.2. The summed E-state index contributed by atoms with van der Waals surface area (Å²) < 4.78 is 32.7. The lowest BCUT2D eigenvalue weighted by Crippen LogP contribution is -2.36. The maximum Gasteiger partial charge on any atom is 0.324 e. The number of halogens is 1. The van der Waals surface area contributed by atoms with Gasteiger partial charge in [0.1, 0.15) is 12.3 Å². The summed E-state index contributed by atoms with van der Waals surface area (Å²) >= 11 is 3.26. The lowest BCUT2D eigenvalue weighted by atomic mass is 10.1. The van der Waals surface area contributed by atoms with Gasteiger partial charge in [-0.2, -0.15) is 0 Å². The standard InChI is InChI=1S/C17H18BrNO5S/c1-3-12-6-4-5-7-15(12)19(11-17(20)21)25(22,23)13-8-9-16(24-2)14(18)10-13/h4-10H,3,11H2,1-2H3,(H,20,21). The Morgan fingerprint density at radius 3 is 2.48 bits per heavy atom. The summed E-state index contributed by atoms with van der Waals surface area (Å²) in [5, 5.41) is 9.22. The lowest BCUT2D eigenvalue weighted by Gasteiger charge is -2.25. The molecule has 0 spiro atoms. The molecule has 2 aromatic rings. The number of hydrogen-bond donors (Lipinski definition) is 1. The largest absolute Gasteiger partial charge is 0.496 e. The topological polar surface area (TPSA) is 83.9 Å². The van der Waals surface area contributed by atoms with Gasteiger partial charge in [0.05, 0.1) is 22.2 Å². The van der Waals surface area contributed by atoms with Crippen LogP contribution in [-0.4, -0.2) is 33.1 Å². The summed E-state index contributed by atoms with van der Waals surface area (Å²) in [5.74, 6) is -0.750. The van der Waals surface area contributed by atoms with Crippen molar-refractivity contribution < 1.29 is 23.1 Å². The minimum atomic E-state index is -4.06. The Bertz CT molecular complexity index is 882. The average molecular weight is 428 g/mol. The third-order valence-electron chi connectivity index (χ3n) is 3.63. The van der Waals surface area contributed by atoms with Gasteiger partial charge in [-0.3, -0.25) is 9.10 Å². The average Bonchev–Trinajstić information content (AvgIpc) is 2.59. The van der Waals surface area contributed by atoms with E-state index in [1.165, 1.54) is 25.3 Å². The normalized spacial score (nSPS) is 11.2. The summed E-state index contributed by atoms with van der Waals surface area (Å²) in [5.41, 5.74) is 1.11. The van der Waals surface area contributed by atoms with Crippen molar-refractivity contribution in [3.05, 3.63) is 52.5 Å². The van der Waals surface area contributed by atoms with E-state index in [0.29, 0.717) is 22.3 Å². The fraction of sp³-hybridized carbons (Fsp3) is 0.235. The summed E-state index contributed by atoms with van der Waals surface area (Å²) in [7, 11) is -2.59. The van der Waals surface area contributed by atoms with Crippen molar-refractivity contribution >= 4 is 37.6 Å². The van der Waals surface area contributed by atoms with Crippen LogP contribution < -0.4 is 9.04 Å². The zero-order chi connectivity index (χ0) is 18.6. The Morgan fingerprint density at radius 2 is 1.92 bits per heavy atom. The van der Waals surface area contributed by atoms with E-state index >= 15 is 0 Å². The zero-order valence-electron chi connectivity index (χ0n) is 13.8. The maximum atomic E-state index is 13.1. The van der Waals surface area contributed by atoms with Gasteiger partial charge >= 0.3 is 5.97 Å². The predicted molar refractivity (Wildman–Crippen MR) is 98.7 cm³/mol. The molecule has 6 nitrogen and oxygen atoms in total. The van der Waals surface area contributed by atoms with Crippen LogP contribution in [0.15, 0.2) is 51.8 Å². The highest BCUT2D eigenvalue weighted by molar-refractivity contribution is 9.10. The number of rotatable bonds is 7. The first-order valence-electron chi connectivity index (χ1n) is 7.47. The molecule has 0 aliphatic heterocycles. The summed E-state index contributed by atoms with van der Waals surface area (Å²) in [6.07, 6.45) is 0.577. The van der Waals surface area contributed by atoms with E-state index in [2.05, 4.69) is 15.9 Å². The van der Waals surface area contributed by atoms with Gasteiger partial charge in [-0.1, -0.05) is 25.1 Å². The van der Waals surface area contributed by atoms with E-state index in [1.54, 1.807) is 24.3 Å². The number of aliphatic carboxylic acids is 1. The Morgan fingerprint density at radius 1 is 1.24 bits per heavy atom. The van der Waals surface area contributed by atoms with Crippen molar-refractivity contribution in [2.75, 3.05) is 18.0 Å². The number of hydrogen-bond acceptors (Lipinski definition) is 4. The van der Waals surface area contributed by atoms with Crippen molar-refractivity contribution in [1.29, 1.82) is 0 Å². The molecule has 1 N–H and O–H groups in total. The van der Waals surface area contributed by atoms with Crippen LogP contribution in [0.3, 0.4) is 0 Å². The van der Waals surface area contributed by atoms with E-state index in [1.807, 2.05) is 6.92 Å². The van der Waals surface area contributed by atoms with E-state index in [-0.39, 0.29) is 4.90 Å². The number of sulfonamides is 1. The number of carboxylic acids is 1. The molecule has 134 valence electrons. The van der Waals surface area contributed by atoms with Crippen LogP contribution >= 0.6 is 15.9 Å². The molecule has 0 radical (unpaired) electrons. The molecular formula is C17H18BrNO5S. The molecule has 0 aliphatic carbocycles. The highest BCUT2D eigenvalue weighted by atomic mass is 79.9. The number of aryl methyl sites for hydroxylation is 1. The van der Waals surface area contributed by atoms with Crippen LogP contribution in [0.5, 0.6) is 5.75 Å². The monoisotopic (exact) mass is 427 g/mol. The molecule has 8 heteroatoms. The molecule has 25 heavy (non-hydrogen) atoms. The maximum absolute atomic E-state index is 13.1. The third kappa shape index (κ3) is 4.13. The lowest BCUT2D eigenvalue weighted by molar-refractivity contribution is -0.135. The minimum absolute atomic E-state index is 0.0210. The van der Waals surface area contributed by atoms with Crippen molar-refractivity contribution in [2.24, 2.45) is 0 Å². The SMILES string of the molecule is CCc1ccccc1N(CC(=O)O)S(=O)(=O)c1ccc(OC)c(Br)c1. The number of ether oxygens (including phenoxy) is 1. The van der Waals surface area contributed by atoms with E-state index < -0.39 is 22.5 Å². The van der Waals surface area contributed by atoms with Crippen molar-refractivity contribution in [1.82, 2.24) is 0 Å². The Labute approximate surface area is 155 Å². The summed E-state index contributed by atoms with van der Waals surface area (Å²) in [4.78, 5) is 11.3. The van der Waals surface area contributed by atoms with Crippen molar-refractivity contribution in [3.8, 4) is 5.75 Å². The van der Waals surface area contributed by atoms with E-state index in [0.717, 1.165) is 9.87 Å². The van der Waals surface area contributed by atoms with Crippen LogP contribution in [0, 0.1) is 0 Å². The molecule has 0 atom stereocenters. The first kappa shape index (κ1) is 19.3. The molecule has 0 saturated carbocycles. The van der Waals surface area contributed by atoms with Gasteiger partial charge in [0, 0.05) is 0 Å². The van der Waals surface area contributed by atoms with Gasteiger partial charge in [-0.25, -0.2) is 8.42 Å². The number of nitrogens with zero attached hydrogens (tertiary/aromatic N) is 1. The number of anilines is 1. The minimum Gasteiger partial charge on any atom is -0.496 e. The zero-order valence-corrected chi connectivity index (χ0v) is 16.2. The van der Waals surface area contributed by atoms with Crippen LogP contribution in [0.1, 0.15) is 12.5 Å². The van der Waals surface area contributed by atoms with Gasteiger partial charge in [0.25, 0.3) is 10.0 Å². The fourth-order valence-electron chi connectivity index (χ4n) is 2.41. The number of carboxylic acid groups (broad SMARTS) is 1. The van der Waals surface area contributed by atoms with E-state index in [4.69, 9.17) is 4.74 Å². The van der Waals surface area contributed by atoms with Gasteiger partial charge in [-0.05, 0) is 52.2 Å². The highest BCUT2D eigenvalue weighted by Gasteiger charge is 2.29. The molecule has 0 aliphatic rings. The van der Waals surface area contributed by atoms with Crippen LogP contribution in [0.25, 0.3) is 0 Å². The van der Waals surface area contributed by atoms with Crippen molar-refractivity contribution in [2.45, 2.75) is 18.2 Å². The van der Waals surface area contributed by atoms with Crippen molar-refractivity contribution in [3.63, 3.8) is 0 Å². The van der Waals surface area contributed by atoms with E-state index in [9.17, 15) is 18.3 Å². The molecule has 0 amide bonds. The predicted octanol–water partition coefficient (Wildman–Crippen LogP) is 3.30. The first-order chi connectivity index (χ1) is 11.8. The molecule has 2 aromatic carbocycles. The Balaban J connectivity index is 2.60. The second kappa shape index (κ2) is 7.88. The number of benzene rings is 2. The van der Waals surface area contributed by atoms with Crippen LogP contribution in [0.4, 0.5) is 5.69 Å². The first-order valence-corrected chi connectivity index (χ1v) is 9.70. The molecule has 0 heterocycles. The smallest absolute Gasteiger partial charge is 0.324 e. The number of carbonyl (C=O) groups is 1.